The van der Waals surface area contributed by atoms with Gasteiger partial charge in [-0.05, 0) is 0 Å². The van der Waals surface area contributed by atoms with Gasteiger partial charge in [0.2, 0.25) is 5.89 Å². The van der Waals surface area contributed by atoms with Gasteiger partial charge in [0.25, 0.3) is 0 Å². The van der Waals surface area contributed by atoms with Crippen molar-refractivity contribution in [1.82, 2.24) is 25.1 Å². The monoisotopic (exact) mass is 281 g/mol. The highest BCUT2D eigenvalue weighted by molar-refractivity contribution is 5.86. The van der Waals surface area contributed by atoms with Crippen molar-refractivity contribution in [3.8, 4) is 0 Å². The Kier molecular flexibility index (Phi) is 4.08. The van der Waals surface area contributed by atoms with Crippen molar-refractivity contribution in [2.24, 2.45) is 0 Å². The minimum atomic E-state index is -1.15. The number of ether oxygens (including phenoxy) is 1. The van der Waals surface area contributed by atoms with Crippen molar-refractivity contribution >= 4 is 5.97 Å². The van der Waals surface area contributed by atoms with Crippen molar-refractivity contribution in [1.29, 1.82) is 0 Å². The molecule has 0 aromatic carbocycles. The van der Waals surface area contributed by atoms with E-state index in [2.05, 4.69) is 20.5 Å². The van der Waals surface area contributed by atoms with Crippen molar-refractivity contribution in [3.05, 3.63) is 23.1 Å². The molecular formula is C11H15N5O4. The molecule has 9 heteroatoms. The number of methoxy groups -OCH3 is 1. The van der Waals surface area contributed by atoms with Gasteiger partial charge >= 0.3 is 5.97 Å². The number of aromatic carboxylic acids is 1. The number of nitrogens with zero attached hydrogens (tertiary/aromatic N) is 5. The summed E-state index contributed by atoms with van der Waals surface area (Å²) in [6.45, 7) is 4.13. The summed E-state index contributed by atoms with van der Waals surface area (Å²) in [5.74, 6) is -0.0981. The maximum Gasteiger partial charge on any atom is 0.358 e. The SMILES string of the molecule is COCc1c(C(=O)O)nnn1Cc1noc(C(C)C)n1. The molecule has 0 aliphatic heterocycles. The summed E-state index contributed by atoms with van der Waals surface area (Å²) in [5, 5.41) is 20.3. The van der Waals surface area contributed by atoms with Crippen LogP contribution in [-0.4, -0.2) is 43.3 Å². The topological polar surface area (TPSA) is 116 Å². The molecular weight excluding hydrogens is 266 g/mol. The highest BCUT2D eigenvalue weighted by Crippen LogP contribution is 2.13. The Hall–Kier alpha value is -2.29. The van der Waals surface area contributed by atoms with E-state index in [9.17, 15) is 4.79 Å². The number of carboxylic acid groups (broad SMARTS) is 1. The van der Waals surface area contributed by atoms with E-state index >= 15 is 0 Å². The van der Waals surface area contributed by atoms with E-state index in [0.717, 1.165) is 0 Å². The Labute approximate surface area is 114 Å². The summed E-state index contributed by atoms with van der Waals surface area (Å²) in [5.41, 5.74) is 0.218. The van der Waals surface area contributed by atoms with Gasteiger partial charge in [-0.1, -0.05) is 24.2 Å². The van der Waals surface area contributed by atoms with Crippen LogP contribution in [0.5, 0.6) is 0 Å². The first-order chi connectivity index (χ1) is 9.52. The molecule has 0 fully saturated rings. The average Bonchev–Trinajstić information content (AvgIpc) is 2.98. The molecule has 0 atom stereocenters. The van der Waals surface area contributed by atoms with Gasteiger partial charge in [-0.2, -0.15) is 4.98 Å². The van der Waals surface area contributed by atoms with Crippen LogP contribution in [0.3, 0.4) is 0 Å². The van der Waals surface area contributed by atoms with Crippen LogP contribution in [-0.2, 0) is 17.9 Å². The van der Waals surface area contributed by atoms with E-state index in [-0.39, 0.29) is 24.8 Å². The Morgan fingerprint density at radius 3 is 2.80 bits per heavy atom. The average molecular weight is 281 g/mol. The zero-order valence-electron chi connectivity index (χ0n) is 11.4. The Bertz CT molecular complexity index is 604. The third kappa shape index (κ3) is 2.82. The molecule has 20 heavy (non-hydrogen) atoms. The van der Waals surface area contributed by atoms with E-state index in [1.54, 1.807) is 0 Å². The van der Waals surface area contributed by atoms with Crippen molar-refractivity contribution < 1.29 is 19.2 Å². The molecule has 2 aromatic heterocycles. The Morgan fingerprint density at radius 1 is 1.50 bits per heavy atom. The summed E-state index contributed by atoms with van der Waals surface area (Å²) in [4.78, 5) is 15.2. The fourth-order valence-corrected chi connectivity index (χ4v) is 1.61. The Balaban J connectivity index is 2.25. The number of rotatable bonds is 6. The van der Waals surface area contributed by atoms with Crippen LogP contribution < -0.4 is 0 Å². The van der Waals surface area contributed by atoms with Crippen LogP contribution in [0.1, 0.15) is 47.7 Å². The van der Waals surface area contributed by atoms with E-state index in [1.165, 1.54) is 11.8 Å². The van der Waals surface area contributed by atoms with Crippen LogP contribution in [0.2, 0.25) is 0 Å². The highest BCUT2D eigenvalue weighted by atomic mass is 16.5. The van der Waals surface area contributed by atoms with Gasteiger partial charge in [-0.25, -0.2) is 9.48 Å². The zero-order chi connectivity index (χ0) is 14.7. The molecule has 108 valence electrons. The summed E-state index contributed by atoms with van der Waals surface area (Å²) in [7, 11) is 1.47. The number of carbonyl (C=O) groups is 1. The lowest BCUT2D eigenvalue weighted by atomic mass is 10.2. The molecule has 2 aromatic rings. The second kappa shape index (κ2) is 5.78. The van der Waals surface area contributed by atoms with E-state index in [1.807, 2.05) is 13.8 Å². The molecule has 0 saturated carbocycles. The molecule has 0 amide bonds. The fourth-order valence-electron chi connectivity index (χ4n) is 1.61. The second-order valence-corrected chi connectivity index (χ2v) is 4.48. The second-order valence-electron chi connectivity index (χ2n) is 4.48. The first kappa shape index (κ1) is 14.1. The molecule has 2 rings (SSSR count). The lowest BCUT2D eigenvalue weighted by molar-refractivity contribution is 0.0684. The first-order valence-electron chi connectivity index (χ1n) is 6.00. The van der Waals surface area contributed by atoms with E-state index in [4.69, 9.17) is 14.4 Å². The molecule has 2 heterocycles. The maximum atomic E-state index is 11.0. The molecule has 9 nitrogen and oxygen atoms in total. The van der Waals surface area contributed by atoms with Gasteiger partial charge in [0.05, 0.1) is 12.3 Å². The smallest absolute Gasteiger partial charge is 0.358 e. The van der Waals surface area contributed by atoms with Crippen molar-refractivity contribution in [2.75, 3.05) is 7.11 Å². The molecule has 0 saturated heterocycles. The van der Waals surface area contributed by atoms with Crippen molar-refractivity contribution in [2.45, 2.75) is 32.9 Å². The molecule has 0 unspecified atom stereocenters. The highest BCUT2D eigenvalue weighted by Gasteiger charge is 2.20. The predicted octanol–water partition coefficient (Wildman–Crippen LogP) is 0.677. The van der Waals surface area contributed by atoms with Gasteiger partial charge in [0.1, 0.15) is 6.54 Å². The minimum Gasteiger partial charge on any atom is -0.476 e. The van der Waals surface area contributed by atoms with Gasteiger partial charge in [-0.15, -0.1) is 5.10 Å². The van der Waals surface area contributed by atoms with E-state index in [0.29, 0.717) is 17.4 Å². The van der Waals surface area contributed by atoms with Crippen LogP contribution in [0.15, 0.2) is 4.52 Å². The van der Waals surface area contributed by atoms with Crippen LogP contribution >= 0.6 is 0 Å². The lowest BCUT2D eigenvalue weighted by Gasteiger charge is -2.03. The normalized spacial score (nSPS) is 11.2. The molecule has 0 bridgehead atoms. The summed E-state index contributed by atoms with van der Waals surface area (Å²) in [6, 6.07) is 0. The molecule has 0 spiro atoms. The standard InChI is InChI=1S/C11H15N5O4/c1-6(2)10-12-8(14-20-10)4-16-7(5-19-3)9(11(17)18)13-15-16/h6H,4-5H2,1-3H3,(H,17,18). The van der Waals surface area contributed by atoms with Gasteiger partial charge in [-0.3, -0.25) is 0 Å². The van der Waals surface area contributed by atoms with Crippen LogP contribution in [0.25, 0.3) is 0 Å². The number of aromatic nitrogens is 5. The third-order valence-corrected chi connectivity index (χ3v) is 2.59. The number of carboxylic acids is 1. The van der Waals surface area contributed by atoms with Gasteiger partial charge < -0.3 is 14.4 Å². The van der Waals surface area contributed by atoms with Crippen molar-refractivity contribution in [3.63, 3.8) is 0 Å². The van der Waals surface area contributed by atoms with Gasteiger partial charge in [0, 0.05) is 13.0 Å². The number of hydrogen-bond donors (Lipinski definition) is 1. The van der Waals surface area contributed by atoms with E-state index < -0.39 is 5.97 Å². The van der Waals surface area contributed by atoms with Crippen LogP contribution in [0, 0.1) is 0 Å². The third-order valence-electron chi connectivity index (χ3n) is 2.59. The fraction of sp³-hybridized carbons (Fsp3) is 0.545. The molecule has 0 aliphatic carbocycles. The predicted molar refractivity (Wildman–Crippen MR) is 65.2 cm³/mol. The number of hydrogen-bond acceptors (Lipinski definition) is 7. The molecule has 1 N–H and O–H groups in total. The lowest BCUT2D eigenvalue weighted by Crippen LogP contribution is -2.11. The summed E-state index contributed by atoms with van der Waals surface area (Å²) in [6.07, 6.45) is 0. The minimum absolute atomic E-state index is 0.0868. The van der Waals surface area contributed by atoms with Gasteiger partial charge in [0.15, 0.2) is 11.5 Å². The summed E-state index contributed by atoms with van der Waals surface area (Å²) < 4.78 is 11.4. The largest absolute Gasteiger partial charge is 0.476 e. The first-order valence-corrected chi connectivity index (χ1v) is 6.00. The molecule has 0 radical (unpaired) electrons. The zero-order valence-corrected chi connectivity index (χ0v) is 11.4. The Morgan fingerprint density at radius 2 is 2.25 bits per heavy atom. The maximum absolute atomic E-state index is 11.0. The summed E-state index contributed by atoms with van der Waals surface area (Å²) >= 11 is 0. The molecule has 0 aliphatic rings. The van der Waals surface area contributed by atoms with Crippen LogP contribution in [0.4, 0.5) is 0 Å². The quantitative estimate of drug-likeness (QED) is 0.821.